The zero-order valence-electron chi connectivity index (χ0n) is 7.42. The fraction of sp³-hybridized carbons (Fsp3) is 0.100. The van der Waals surface area contributed by atoms with Gasteiger partial charge in [0.05, 0.1) is 0 Å². The van der Waals surface area contributed by atoms with Crippen molar-refractivity contribution < 1.29 is 0 Å². The summed E-state index contributed by atoms with van der Waals surface area (Å²) in [6.45, 7) is 1.80. The summed E-state index contributed by atoms with van der Waals surface area (Å²) < 4.78 is 2.09. The van der Waals surface area contributed by atoms with E-state index in [0.29, 0.717) is 5.39 Å². The van der Waals surface area contributed by atoms with E-state index in [9.17, 15) is 4.79 Å². The van der Waals surface area contributed by atoms with E-state index in [0.717, 1.165) is 19.6 Å². The molecule has 2 nitrogen and oxygen atoms in total. The van der Waals surface area contributed by atoms with Crippen molar-refractivity contribution in [2.75, 3.05) is 0 Å². The van der Waals surface area contributed by atoms with Crippen LogP contribution in [0.3, 0.4) is 0 Å². The van der Waals surface area contributed by atoms with Gasteiger partial charge in [0, 0.05) is 27.3 Å². The number of aryl methyl sites for hydroxylation is 1. The number of pyridine rings is 1. The lowest BCUT2D eigenvalue weighted by atomic mass is 10.1. The lowest BCUT2D eigenvalue weighted by Gasteiger charge is -2.03. The summed E-state index contributed by atoms with van der Waals surface area (Å²) >= 11 is 9.15. The van der Waals surface area contributed by atoms with Gasteiger partial charge in [-0.05, 0) is 36.6 Å². The van der Waals surface area contributed by atoms with Crippen molar-refractivity contribution in [2.24, 2.45) is 0 Å². The highest BCUT2D eigenvalue weighted by molar-refractivity contribution is 9.10. The minimum Gasteiger partial charge on any atom is -0.267 e. The van der Waals surface area contributed by atoms with Gasteiger partial charge in [0.15, 0.2) is 0 Å². The van der Waals surface area contributed by atoms with Gasteiger partial charge in [0.25, 0.3) is 5.56 Å². The Balaban J connectivity index is 2.98. The Morgan fingerprint density at radius 3 is 2.79 bits per heavy atom. The molecule has 2 aromatic rings. The third-order valence-corrected chi connectivity index (χ3v) is 3.01. The lowest BCUT2D eigenvalue weighted by Crippen LogP contribution is -2.14. The second-order valence-corrected chi connectivity index (χ2v) is 4.36. The first-order valence-electron chi connectivity index (χ1n) is 4.07. The number of hydrogen-bond acceptors (Lipinski definition) is 1. The van der Waals surface area contributed by atoms with Gasteiger partial charge in [0.1, 0.15) is 0 Å². The van der Waals surface area contributed by atoms with Gasteiger partial charge in [-0.1, -0.05) is 15.9 Å². The monoisotopic (exact) mass is 271 g/mol. The maximum absolute atomic E-state index is 11.7. The average Bonchev–Trinajstić information content (AvgIpc) is 2.14. The number of rotatable bonds is 0. The molecule has 1 heterocycles. The second kappa shape index (κ2) is 3.41. The summed E-state index contributed by atoms with van der Waals surface area (Å²) in [7, 11) is 0. The molecule has 1 aromatic carbocycles. The minimum atomic E-state index is -0.172. The number of aromatic nitrogens is 1. The van der Waals surface area contributed by atoms with Crippen LogP contribution in [0, 0.1) is 6.92 Å². The molecule has 0 atom stereocenters. The van der Waals surface area contributed by atoms with E-state index in [1.165, 1.54) is 0 Å². The quantitative estimate of drug-likeness (QED) is 0.722. The van der Waals surface area contributed by atoms with Gasteiger partial charge < -0.3 is 0 Å². The van der Waals surface area contributed by atoms with E-state index < -0.39 is 0 Å². The third-order valence-electron chi connectivity index (χ3n) is 2.10. The molecule has 0 amide bonds. The zero-order valence-corrected chi connectivity index (χ0v) is 9.76. The Morgan fingerprint density at radius 1 is 1.36 bits per heavy atom. The minimum absolute atomic E-state index is 0.172. The van der Waals surface area contributed by atoms with Crippen molar-refractivity contribution in [1.29, 1.82) is 0 Å². The molecule has 2 rings (SSSR count). The second-order valence-electron chi connectivity index (χ2n) is 3.10. The van der Waals surface area contributed by atoms with Crippen LogP contribution in [-0.4, -0.2) is 4.09 Å². The Bertz CT molecular complexity index is 562. The molecular formula is C10H7BrClNO. The lowest BCUT2D eigenvalue weighted by molar-refractivity contribution is 1.07. The molecule has 14 heavy (non-hydrogen) atoms. The molecule has 0 aliphatic carbocycles. The smallest absolute Gasteiger partial charge is 0.267 e. The molecule has 0 saturated carbocycles. The van der Waals surface area contributed by atoms with E-state index in [-0.39, 0.29) is 5.56 Å². The standard InChI is InChI=1S/C10H7BrClNO/c1-6-4-7-5-8(11)2-3-9(7)10(14)13(6)12/h2-5H,1H3. The third kappa shape index (κ3) is 1.47. The molecule has 0 unspecified atom stereocenters. The number of nitrogens with zero attached hydrogens (tertiary/aromatic N) is 1. The Hall–Kier alpha value is -0.800. The van der Waals surface area contributed by atoms with Crippen LogP contribution in [0.4, 0.5) is 0 Å². The Labute approximate surface area is 94.4 Å². The van der Waals surface area contributed by atoms with Gasteiger partial charge in [-0.3, -0.25) is 4.79 Å². The van der Waals surface area contributed by atoms with E-state index in [4.69, 9.17) is 11.8 Å². The van der Waals surface area contributed by atoms with Crippen LogP contribution in [0.2, 0.25) is 0 Å². The van der Waals surface area contributed by atoms with E-state index in [1.54, 1.807) is 13.0 Å². The van der Waals surface area contributed by atoms with Crippen LogP contribution >= 0.6 is 27.7 Å². The highest BCUT2D eigenvalue weighted by Gasteiger charge is 2.04. The zero-order chi connectivity index (χ0) is 10.3. The fourth-order valence-corrected chi connectivity index (χ4v) is 1.91. The molecule has 0 bridgehead atoms. The van der Waals surface area contributed by atoms with Gasteiger partial charge >= 0.3 is 0 Å². The van der Waals surface area contributed by atoms with Crippen LogP contribution < -0.4 is 5.56 Å². The maximum Gasteiger partial charge on any atom is 0.273 e. The molecule has 0 N–H and O–H groups in total. The molecule has 0 saturated heterocycles. The summed E-state index contributed by atoms with van der Waals surface area (Å²) in [6, 6.07) is 7.38. The first kappa shape index (κ1) is 9.74. The summed E-state index contributed by atoms with van der Waals surface area (Å²) in [5, 5.41) is 1.53. The van der Waals surface area contributed by atoms with Crippen LogP contribution in [0.1, 0.15) is 5.69 Å². The first-order valence-corrected chi connectivity index (χ1v) is 5.21. The molecule has 0 fully saturated rings. The van der Waals surface area contributed by atoms with Crippen LogP contribution in [0.5, 0.6) is 0 Å². The summed E-state index contributed by atoms with van der Waals surface area (Å²) in [5.74, 6) is 0. The van der Waals surface area contributed by atoms with Gasteiger partial charge in [0.2, 0.25) is 0 Å². The summed E-state index contributed by atoms with van der Waals surface area (Å²) in [5.41, 5.74) is 0.566. The number of halogens is 2. The summed E-state index contributed by atoms with van der Waals surface area (Å²) in [4.78, 5) is 11.7. The van der Waals surface area contributed by atoms with E-state index >= 15 is 0 Å². The van der Waals surface area contributed by atoms with Crippen molar-refractivity contribution in [2.45, 2.75) is 6.92 Å². The molecular weight excluding hydrogens is 265 g/mol. The van der Waals surface area contributed by atoms with Crippen LogP contribution in [0.25, 0.3) is 10.8 Å². The molecule has 0 aliphatic heterocycles. The molecule has 72 valence electrons. The van der Waals surface area contributed by atoms with Crippen LogP contribution in [-0.2, 0) is 0 Å². The van der Waals surface area contributed by atoms with Gasteiger partial charge in [-0.25, -0.2) is 4.09 Å². The Morgan fingerprint density at radius 2 is 2.07 bits per heavy atom. The van der Waals surface area contributed by atoms with Gasteiger partial charge in [-0.2, -0.15) is 0 Å². The number of fused-ring (bicyclic) bond motifs is 1. The average molecular weight is 273 g/mol. The van der Waals surface area contributed by atoms with Crippen molar-refractivity contribution in [3.05, 3.63) is 44.8 Å². The topological polar surface area (TPSA) is 22.0 Å². The predicted octanol–water partition coefficient (Wildman–Crippen LogP) is 3.07. The maximum atomic E-state index is 11.7. The number of benzene rings is 1. The highest BCUT2D eigenvalue weighted by Crippen LogP contribution is 2.18. The SMILES string of the molecule is Cc1cc2cc(Br)ccc2c(=O)n1Cl. The molecule has 0 radical (unpaired) electrons. The van der Waals surface area contributed by atoms with Crippen LogP contribution in [0.15, 0.2) is 33.5 Å². The van der Waals surface area contributed by atoms with Gasteiger partial charge in [-0.15, -0.1) is 0 Å². The van der Waals surface area contributed by atoms with Crippen molar-refractivity contribution in [3.63, 3.8) is 0 Å². The van der Waals surface area contributed by atoms with Crippen molar-refractivity contribution in [3.8, 4) is 0 Å². The largest absolute Gasteiger partial charge is 0.273 e. The Kier molecular flexibility index (Phi) is 2.37. The van der Waals surface area contributed by atoms with Crippen molar-refractivity contribution >= 4 is 38.5 Å². The molecule has 1 aromatic heterocycles. The van der Waals surface area contributed by atoms with E-state index in [1.807, 2.05) is 18.2 Å². The fourth-order valence-electron chi connectivity index (χ4n) is 1.40. The van der Waals surface area contributed by atoms with E-state index in [2.05, 4.69) is 15.9 Å². The summed E-state index contributed by atoms with van der Waals surface area (Å²) in [6.07, 6.45) is 0. The molecule has 0 aliphatic rings. The normalized spacial score (nSPS) is 10.8. The highest BCUT2D eigenvalue weighted by atomic mass is 79.9. The first-order chi connectivity index (χ1) is 6.59. The number of hydrogen-bond donors (Lipinski definition) is 0. The predicted molar refractivity (Wildman–Crippen MR) is 61.9 cm³/mol. The van der Waals surface area contributed by atoms with Crippen molar-refractivity contribution in [1.82, 2.24) is 4.09 Å². The molecule has 4 heteroatoms. The molecule has 0 spiro atoms.